The van der Waals surface area contributed by atoms with Crippen molar-refractivity contribution < 1.29 is 9.59 Å². The van der Waals surface area contributed by atoms with Crippen LogP contribution in [0.4, 0.5) is 4.79 Å². The van der Waals surface area contributed by atoms with Crippen molar-refractivity contribution >= 4 is 23.3 Å². The number of amides is 3. The number of rotatable bonds is 5. The Kier molecular flexibility index (Phi) is 6.28. The number of piperidine rings is 1. The van der Waals surface area contributed by atoms with E-state index in [-0.39, 0.29) is 18.0 Å². The van der Waals surface area contributed by atoms with Crippen LogP contribution in [0.5, 0.6) is 0 Å². The summed E-state index contributed by atoms with van der Waals surface area (Å²) in [5, 5.41) is 5.00. The van der Waals surface area contributed by atoms with Gasteiger partial charge < -0.3 is 15.1 Å². The van der Waals surface area contributed by atoms with E-state index in [1.54, 1.807) is 4.90 Å². The third-order valence-corrected chi connectivity index (χ3v) is 5.55. The summed E-state index contributed by atoms with van der Waals surface area (Å²) < 4.78 is 0. The van der Waals surface area contributed by atoms with Gasteiger partial charge >= 0.3 is 6.03 Å². The first kappa shape index (κ1) is 18.5. The number of thiophene rings is 1. The number of likely N-dealkylation sites (N-methyl/N-ethyl adjacent to an activating group) is 1. The van der Waals surface area contributed by atoms with E-state index in [0.717, 1.165) is 30.7 Å². The molecule has 1 aliphatic heterocycles. The van der Waals surface area contributed by atoms with E-state index >= 15 is 0 Å². The van der Waals surface area contributed by atoms with Gasteiger partial charge in [0.1, 0.15) is 0 Å². The van der Waals surface area contributed by atoms with Crippen LogP contribution in [0, 0.1) is 0 Å². The van der Waals surface area contributed by atoms with Gasteiger partial charge in [-0.3, -0.25) is 4.79 Å². The van der Waals surface area contributed by atoms with E-state index in [0.29, 0.717) is 13.1 Å². The second-order valence-corrected chi connectivity index (χ2v) is 7.62. The van der Waals surface area contributed by atoms with Gasteiger partial charge in [0, 0.05) is 32.7 Å². The normalized spacial score (nSPS) is 17.0. The summed E-state index contributed by atoms with van der Waals surface area (Å²) in [4.78, 5) is 29.3. The minimum Gasteiger partial charge on any atom is -0.336 e. The second-order valence-electron chi connectivity index (χ2n) is 6.67. The highest BCUT2D eigenvalue weighted by atomic mass is 32.1. The van der Waals surface area contributed by atoms with Gasteiger partial charge in [0.05, 0.1) is 4.88 Å². The predicted molar refractivity (Wildman–Crippen MR) is 105 cm³/mol. The van der Waals surface area contributed by atoms with Gasteiger partial charge in [-0.05, 0) is 36.3 Å². The van der Waals surface area contributed by atoms with E-state index in [1.165, 1.54) is 16.9 Å². The molecular weight excluding hydrogens is 346 g/mol. The monoisotopic (exact) mass is 371 g/mol. The number of urea groups is 1. The fourth-order valence-corrected chi connectivity index (χ4v) is 3.85. The molecule has 1 aromatic carbocycles. The van der Waals surface area contributed by atoms with Gasteiger partial charge in [0.2, 0.25) is 0 Å². The molecule has 1 aromatic heterocycles. The Bertz CT molecular complexity index is 718. The summed E-state index contributed by atoms with van der Waals surface area (Å²) >= 11 is 1.46. The smallest absolute Gasteiger partial charge is 0.317 e. The summed E-state index contributed by atoms with van der Waals surface area (Å²) in [6.07, 6.45) is 2.65. The maximum absolute atomic E-state index is 12.5. The standard InChI is InChI=1S/C20H25N3O2S/c1-22(13-11-16-7-3-2-4-8-16)20(25)21-17-9-5-12-23(15-17)19(24)18-10-6-14-26-18/h2-4,6-8,10,14,17H,5,9,11-13,15H2,1H3,(H,21,25)/t17-/m0/s1. The van der Waals surface area contributed by atoms with Crippen LogP contribution in [0.15, 0.2) is 47.8 Å². The molecule has 1 aliphatic rings. The molecule has 0 bridgehead atoms. The number of nitrogens with zero attached hydrogens (tertiary/aromatic N) is 2. The molecule has 0 spiro atoms. The van der Waals surface area contributed by atoms with Crippen LogP contribution in [0.3, 0.4) is 0 Å². The number of likely N-dealkylation sites (tertiary alicyclic amines) is 1. The summed E-state index contributed by atoms with van der Waals surface area (Å²) in [6, 6.07) is 13.8. The van der Waals surface area contributed by atoms with Crippen LogP contribution in [0.2, 0.25) is 0 Å². The van der Waals surface area contributed by atoms with Gasteiger partial charge in [-0.25, -0.2) is 4.79 Å². The molecule has 2 aromatic rings. The van der Waals surface area contributed by atoms with Crippen molar-refractivity contribution in [3.05, 3.63) is 58.3 Å². The third kappa shape index (κ3) is 4.85. The van der Waals surface area contributed by atoms with Crippen molar-refractivity contribution in [2.24, 2.45) is 0 Å². The quantitative estimate of drug-likeness (QED) is 0.877. The molecule has 6 heteroatoms. The van der Waals surface area contributed by atoms with Crippen LogP contribution in [-0.4, -0.2) is 54.5 Å². The molecule has 1 saturated heterocycles. The zero-order valence-corrected chi connectivity index (χ0v) is 15.9. The molecule has 1 fully saturated rings. The molecule has 0 saturated carbocycles. The predicted octanol–water partition coefficient (Wildman–Crippen LogP) is 3.24. The van der Waals surface area contributed by atoms with Gasteiger partial charge in [-0.15, -0.1) is 11.3 Å². The Balaban J connectivity index is 1.48. The van der Waals surface area contributed by atoms with Crippen LogP contribution < -0.4 is 5.32 Å². The van der Waals surface area contributed by atoms with Crippen molar-refractivity contribution in [1.82, 2.24) is 15.1 Å². The minimum absolute atomic E-state index is 0.0133. The molecular formula is C20H25N3O2S. The lowest BCUT2D eigenvalue weighted by Gasteiger charge is -2.33. The van der Waals surface area contributed by atoms with Gasteiger partial charge in [0.15, 0.2) is 0 Å². The van der Waals surface area contributed by atoms with Gasteiger partial charge in [0.25, 0.3) is 5.91 Å². The lowest BCUT2D eigenvalue weighted by molar-refractivity contribution is 0.0700. The summed E-state index contributed by atoms with van der Waals surface area (Å²) in [6.45, 7) is 2.00. The number of nitrogens with one attached hydrogen (secondary N) is 1. The van der Waals surface area contributed by atoms with E-state index in [1.807, 2.05) is 47.7 Å². The topological polar surface area (TPSA) is 52.7 Å². The molecule has 5 nitrogen and oxygen atoms in total. The van der Waals surface area contributed by atoms with E-state index in [2.05, 4.69) is 17.4 Å². The molecule has 138 valence electrons. The number of carbonyl (C=O) groups is 2. The van der Waals surface area contributed by atoms with Crippen molar-refractivity contribution in [3.63, 3.8) is 0 Å². The Labute approximate surface area is 158 Å². The van der Waals surface area contributed by atoms with Crippen molar-refractivity contribution in [3.8, 4) is 0 Å². The lowest BCUT2D eigenvalue weighted by Crippen LogP contribution is -2.52. The van der Waals surface area contributed by atoms with E-state index in [4.69, 9.17) is 0 Å². The molecule has 3 amide bonds. The Morgan fingerprint density at radius 1 is 1.23 bits per heavy atom. The Morgan fingerprint density at radius 2 is 2.04 bits per heavy atom. The highest BCUT2D eigenvalue weighted by molar-refractivity contribution is 7.12. The van der Waals surface area contributed by atoms with Crippen LogP contribution >= 0.6 is 11.3 Å². The fourth-order valence-electron chi connectivity index (χ4n) is 3.16. The molecule has 1 atom stereocenters. The second kappa shape index (κ2) is 8.85. The molecule has 26 heavy (non-hydrogen) atoms. The lowest BCUT2D eigenvalue weighted by atomic mass is 10.1. The van der Waals surface area contributed by atoms with Gasteiger partial charge in [-0.2, -0.15) is 0 Å². The first-order valence-corrected chi connectivity index (χ1v) is 9.90. The highest BCUT2D eigenvalue weighted by Crippen LogP contribution is 2.17. The third-order valence-electron chi connectivity index (χ3n) is 4.69. The first-order valence-electron chi connectivity index (χ1n) is 9.02. The summed E-state index contributed by atoms with van der Waals surface area (Å²) in [5.74, 6) is 0.0661. The minimum atomic E-state index is -0.0728. The SMILES string of the molecule is CN(CCc1ccccc1)C(=O)N[C@H]1CCCN(C(=O)c2cccs2)C1. The number of carbonyl (C=O) groups excluding carboxylic acids is 2. The van der Waals surface area contributed by atoms with Crippen molar-refractivity contribution in [1.29, 1.82) is 0 Å². The number of hydrogen-bond donors (Lipinski definition) is 1. The first-order chi connectivity index (χ1) is 12.6. The highest BCUT2D eigenvalue weighted by Gasteiger charge is 2.26. The van der Waals surface area contributed by atoms with Crippen LogP contribution in [0.1, 0.15) is 28.1 Å². The molecule has 3 rings (SSSR count). The summed E-state index contributed by atoms with van der Waals surface area (Å²) in [7, 11) is 1.82. The molecule has 0 aliphatic carbocycles. The zero-order valence-electron chi connectivity index (χ0n) is 15.1. The van der Waals surface area contributed by atoms with E-state index < -0.39 is 0 Å². The summed E-state index contributed by atoms with van der Waals surface area (Å²) in [5.41, 5.74) is 1.22. The molecule has 1 N–H and O–H groups in total. The fraction of sp³-hybridized carbons (Fsp3) is 0.400. The Hall–Kier alpha value is -2.34. The molecule has 0 unspecified atom stereocenters. The van der Waals surface area contributed by atoms with Crippen molar-refractivity contribution in [2.75, 3.05) is 26.7 Å². The van der Waals surface area contributed by atoms with Crippen LogP contribution in [-0.2, 0) is 6.42 Å². The largest absolute Gasteiger partial charge is 0.336 e. The number of hydrogen-bond acceptors (Lipinski definition) is 3. The zero-order chi connectivity index (χ0) is 18.4. The molecule has 2 heterocycles. The average Bonchev–Trinajstić information content (AvgIpc) is 3.21. The Morgan fingerprint density at radius 3 is 2.77 bits per heavy atom. The van der Waals surface area contributed by atoms with E-state index in [9.17, 15) is 9.59 Å². The maximum atomic E-state index is 12.5. The molecule has 0 radical (unpaired) electrons. The van der Waals surface area contributed by atoms with Crippen molar-refractivity contribution in [2.45, 2.75) is 25.3 Å². The average molecular weight is 372 g/mol. The number of benzene rings is 1. The maximum Gasteiger partial charge on any atom is 0.317 e. The van der Waals surface area contributed by atoms with Gasteiger partial charge in [-0.1, -0.05) is 36.4 Å². The van der Waals surface area contributed by atoms with Crippen LogP contribution in [0.25, 0.3) is 0 Å².